The number of alkyl halides is 3. The molecule has 0 spiro atoms. The molecule has 0 radical (unpaired) electrons. The maximum absolute atomic E-state index is 12.1. The van der Waals surface area contributed by atoms with Gasteiger partial charge in [-0.1, -0.05) is 25.5 Å². The van der Waals surface area contributed by atoms with E-state index in [1.807, 2.05) is 6.92 Å². The van der Waals surface area contributed by atoms with Gasteiger partial charge in [0, 0.05) is 0 Å². The number of aryl methyl sites for hydroxylation is 1. The van der Waals surface area contributed by atoms with Crippen molar-refractivity contribution in [2.45, 2.75) is 38.6 Å². The van der Waals surface area contributed by atoms with Crippen LogP contribution < -0.4 is 4.18 Å². The molecule has 1 aromatic rings. The molecule has 24 heavy (non-hydrogen) atoms. The molecular weight excluding hydrogens is 373 g/mol. The molecule has 0 saturated heterocycles. The van der Waals surface area contributed by atoms with Crippen molar-refractivity contribution in [3.63, 3.8) is 0 Å². The van der Waals surface area contributed by atoms with Gasteiger partial charge in [0.05, 0.1) is 5.75 Å². The average Bonchev–Trinajstić information content (AvgIpc) is 2.44. The number of halogens is 3. The van der Waals surface area contributed by atoms with Gasteiger partial charge in [0.2, 0.25) is 0 Å². The SMILES string of the molecule is CCCCc1cccc(OS(=O)(=O)C(F)(F)F)c1.CCS(=O)(=O)O. The number of rotatable bonds is 6. The van der Waals surface area contributed by atoms with E-state index in [-0.39, 0.29) is 11.5 Å². The van der Waals surface area contributed by atoms with E-state index in [4.69, 9.17) is 4.55 Å². The Kier molecular flexibility index (Phi) is 8.72. The molecule has 140 valence electrons. The molecule has 0 atom stereocenters. The first-order valence-electron chi connectivity index (χ1n) is 6.87. The highest BCUT2D eigenvalue weighted by Gasteiger charge is 2.48. The van der Waals surface area contributed by atoms with Crippen LogP contribution in [0.5, 0.6) is 5.75 Å². The van der Waals surface area contributed by atoms with Crippen LogP contribution in [0.25, 0.3) is 0 Å². The summed E-state index contributed by atoms with van der Waals surface area (Å²) in [6, 6.07) is 5.66. The van der Waals surface area contributed by atoms with Gasteiger partial charge in [-0.3, -0.25) is 4.55 Å². The van der Waals surface area contributed by atoms with E-state index in [9.17, 15) is 30.0 Å². The molecule has 0 bridgehead atoms. The smallest absolute Gasteiger partial charge is 0.376 e. The second-order valence-electron chi connectivity index (χ2n) is 4.60. The van der Waals surface area contributed by atoms with Crippen molar-refractivity contribution in [1.82, 2.24) is 0 Å². The Morgan fingerprint density at radius 1 is 1.12 bits per heavy atom. The summed E-state index contributed by atoms with van der Waals surface area (Å²) < 4.78 is 88.9. The first-order chi connectivity index (χ1) is 10.8. The van der Waals surface area contributed by atoms with E-state index in [1.165, 1.54) is 25.1 Å². The van der Waals surface area contributed by atoms with Gasteiger partial charge >= 0.3 is 15.6 Å². The maximum atomic E-state index is 12.1. The Hall–Kier alpha value is -1.33. The fourth-order valence-corrected chi connectivity index (χ4v) is 1.76. The van der Waals surface area contributed by atoms with Crippen molar-refractivity contribution < 1.29 is 38.7 Å². The fraction of sp³-hybridized carbons (Fsp3) is 0.538. The molecule has 0 fully saturated rings. The minimum Gasteiger partial charge on any atom is -0.376 e. The van der Waals surface area contributed by atoms with E-state index in [0.717, 1.165) is 18.4 Å². The highest BCUT2D eigenvalue weighted by Crippen LogP contribution is 2.27. The van der Waals surface area contributed by atoms with Crippen molar-refractivity contribution in [1.29, 1.82) is 0 Å². The monoisotopic (exact) mass is 392 g/mol. The third-order valence-corrected chi connectivity index (χ3v) is 4.28. The van der Waals surface area contributed by atoms with Crippen molar-refractivity contribution in [3.8, 4) is 5.75 Å². The summed E-state index contributed by atoms with van der Waals surface area (Å²) in [6.45, 7) is 3.35. The Morgan fingerprint density at radius 3 is 2.08 bits per heavy atom. The van der Waals surface area contributed by atoms with E-state index in [1.54, 1.807) is 6.07 Å². The lowest BCUT2D eigenvalue weighted by Crippen LogP contribution is -2.28. The van der Waals surface area contributed by atoms with Crippen LogP contribution in [0.4, 0.5) is 13.2 Å². The summed E-state index contributed by atoms with van der Waals surface area (Å²) in [6.07, 6.45) is 2.47. The largest absolute Gasteiger partial charge is 0.534 e. The first-order valence-corrected chi connectivity index (χ1v) is 9.89. The van der Waals surface area contributed by atoms with Gasteiger partial charge in [-0.2, -0.15) is 30.0 Å². The summed E-state index contributed by atoms with van der Waals surface area (Å²) >= 11 is 0. The van der Waals surface area contributed by atoms with Crippen LogP contribution in [0.3, 0.4) is 0 Å². The zero-order chi connectivity index (χ0) is 19.0. The zero-order valence-electron chi connectivity index (χ0n) is 13.1. The first kappa shape index (κ1) is 22.7. The standard InChI is InChI=1S/C11H13F3O3S.C2H6O3S/c1-2-3-5-9-6-4-7-10(8-9)17-18(15,16)11(12,13)14;1-2-6(3,4)5/h4,6-8H,2-3,5H2,1H3;2H2,1H3,(H,3,4,5). The normalized spacial score (nSPS) is 12.2. The van der Waals surface area contributed by atoms with Crippen molar-refractivity contribution in [2.24, 2.45) is 0 Å². The van der Waals surface area contributed by atoms with Gasteiger partial charge in [-0.15, -0.1) is 0 Å². The van der Waals surface area contributed by atoms with Crippen LogP contribution in [0, 0.1) is 0 Å². The van der Waals surface area contributed by atoms with Crippen LogP contribution in [0.2, 0.25) is 0 Å². The van der Waals surface area contributed by atoms with Crippen molar-refractivity contribution in [2.75, 3.05) is 5.75 Å². The molecule has 0 saturated carbocycles. The maximum Gasteiger partial charge on any atom is 0.534 e. The van der Waals surface area contributed by atoms with E-state index in [2.05, 4.69) is 4.18 Å². The Bertz CT molecular complexity index is 711. The van der Waals surface area contributed by atoms with Gasteiger partial charge in [0.1, 0.15) is 5.75 Å². The molecule has 0 amide bonds. The summed E-state index contributed by atoms with van der Waals surface area (Å²) in [5.41, 5.74) is -4.67. The van der Waals surface area contributed by atoms with Gasteiger partial charge in [-0.05, 0) is 37.5 Å². The summed E-state index contributed by atoms with van der Waals surface area (Å²) in [7, 11) is -9.25. The van der Waals surface area contributed by atoms with Gasteiger partial charge in [0.15, 0.2) is 0 Å². The van der Waals surface area contributed by atoms with Crippen molar-refractivity contribution in [3.05, 3.63) is 29.8 Å². The molecule has 1 rings (SSSR count). The van der Waals surface area contributed by atoms with Crippen LogP contribution >= 0.6 is 0 Å². The quantitative estimate of drug-likeness (QED) is 0.454. The molecular formula is C13H19F3O6S2. The Labute approximate surface area is 139 Å². The second kappa shape index (κ2) is 9.23. The number of unbranched alkanes of at least 4 members (excludes halogenated alkanes) is 1. The lowest BCUT2D eigenvalue weighted by Gasteiger charge is -2.10. The fourth-order valence-electron chi connectivity index (χ4n) is 1.31. The number of hydrogen-bond donors (Lipinski definition) is 1. The van der Waals surface area contributed by atoms with E-state index < -0.39 is 25.7 Å². The number of hydrogen-bond acceptors (Lipinski definition) is 5. The third-order valence-electron chi connectivity index (χ3n) is 2.57. The summed E-state index contributed by atoms with van der Waals surface area (Å²) in [4.78, 5) is 0. The van der Waals surface area contributed by atoms with Gasteiger partial charge in [0.25, 0.3) is 10.1 Å². The van der Waals surface area contributed by atoms with Gasteiger partial charge in [-0.25, -0.2) is 0 Å². The minimum absolute atomic E-state index is 0.201. The second-order valence-corrected chi connectivity index (χ2v) is 7.88. The van der Waals surface area contributed by atoms with Gasteiger partial charge < -0.3 is 4.18 Å². The molecule has 0 unspecified atom stereocenters. The lowest BCUT2D eigenvalue weighted by atomic mass is 10.1. The summed E-state index contributed by atoms with van der Waals surface area (Å²) in [5, 5.41) is 0. The highest BCUT2D eigenvalue weighted by molar-refractivity contribution is 7.88. The van der Waals surface area contributed by atoms with E-state index in [0.29, 0.717) is 6.42 Å². The molecule has 1 N–H and O–H groups in total. The molecule has 6 nitrogen and oxygen atoms in total. The molecule has 0 aliphatic carbocycles. The molecule has 0 aliphatic heterocycles. The summed E-state index contributed by atoms with van der Waals surface area (Å²) in [5.74, 6) is -0.520. The van der Waals surface area contributed by atoms with Crippen LogP contribution in [-0.4, -0.2) is 32.6 Å². The topological polar surface area (TPSA) is 97.7 Å². The minimum atomic E-state index is -5.59. The molecule has 0 aromatic heterocycles. The Morgan fingerprint density at radius 2 is 1.67 bits per heavy atom. The number of benzene rings is 1. The predicted molar refractivity (Wildman–Crippen MR) is 82.7 cm³/mol. The molecule has 0 heterocycles. The van der Waals surface area contributed by atoms with E-state index >= 15 is 0 Å². The van der Waals surface area contributed by atoms with Crippen LogP contribution in [0.1, 0.15) is 32.3 Å². The van der Waals surface area contributed by atoms with Crippen LogP contribution in [0.15, 0.2) is 24.3 Å². The third kappa shape index (κ3) is 9.08. The predicted octanol–water partition coefficient (Wildman–Crippen LogP) is 3.15. The van der Waals surface area contributed by atoms with Crippen molar-refractivity contribution >= 4 is 20.2 Å². The average molecular weight is 392 g/mol. The Balaban J connectivity index is 0.000000754. The lowest BCUT2D eigenvalue weighted by molar-refractivity contribution is -0.0500. The molecule has 0 aliphatic rings. The molecule has 1 aromatic carbocycles. The van der Waals surface area contributed by atoms with Crippen LogP contribution in [-0.2, 0) is 26.7 Å². The highest BCUT2D eigenvalue weighted by atomic mass is 32.2. The molecule has 11 heteroatoms. The zero-order valence-corrected chi connectivity index (χ0v) is 14.7.